The van der Waals surface area contributed by atoms with Crippen LogP contribution in [0.25, 0.3) is 0 Å². The van der Waals surface area contributed by atoms with Gasteiger partial charge >= 0.3 is 0 Å². The third-order valence-electron chi connectivity index (χ3n) is 3.61. The number of aliphatic hydroxyl groups excluding tert-OH is 1. The lowest BCUT2D eigenvalue weighted by molar-refractivity contribution is -0.155. The molecule has 1 heterocycles. The zero-order valence-electron chi connectivity index (χ0n) is 8.87. The standard InChI is InChI=1S/C11H20O3/c1-13-11(4-6-14-7-5-11)10(12)8-9-2-3-9/h9-10,12H,2-8H2,1H3. The summed E-state index contributed by atoms with van der Waals surface area (Å²) in [7, 11) is 1.71. The second-order valence-electron chi connectivity index (χ2n) is 4.58. The van der Waals surface area contributed by atoms with Crippen molar-refractivity contribution in [2.75, 3.05) is 20.3 Å². The van der Waals surface area contributed by atoms with Gasteiger partial charge in [-0.3, -0.25) is 0 Å². The Hall–Kier alpha value is -0.120. The summed E-state index contributed by atoms with van der Waals surface area (Å²) >= 11 is 0. The predicted molar refractivity (Wildman–Crippen MR) is 53.1 cm³/mol. The molecule has 2 rings (SSSR count). The van der Waals surface area contributed by atoms with Crippen LogP contribution in [0.15, 0.2) is 0 Å². The van der Waals surface area contributed by atoms with Crippen LogP contribution < -0.4 is 0 Å². The lowest BCUT2D eigenvalue weighted by Gasteiger charge is -2.39. The van der Waals surface area contributed by atoms with Gasteiger partial charge in [-0.2, -0.15) is 0 Å². The molecule has 0 radical (unpaired) electrons. The van der Waals surface area contributed by atoms with Crippen LogP contribution >= 0.6 is 0 Å². The van der Waals surface area contributed by atoms with Gasteiger partial charge in [-0.25, -0.2) is 0 Å². The Bertz CT molecular complexity index is 183. The molecule has 1 aliphatic carbocycles. The predicted octanol–water partition coefficient (Wildman–Crippen LogP) is 1.34. The van der Waals surface area contributed by atoms with E-state index >= 15 is 0 Å². The van der Waals surface area contributed by atoms with Gasteiger partial charge in [-0.1, -0.05) is 12.8 Å². The molecule has 0 bridgehead atoms. The normalized spacial score (nSPS) is 28.7. The highest BCUT2D eigenvalue weighted by Crippen LogP contribution is 2.39. The Morgan fingerprint density at radius 3 is 2.57 bits per heavy atom. The van der Waals surface area contributed by atoms with Gasteiger partial charge in [0.05, 0.1) is 11.7 Å². The minimum atomic E-state index is -0.319. The van der Waals surface area contributed by atoms with E-state index in [0.29, 0.717) is 0 Å². The van der Waals surface area contributed by atoms with Gasteiger partial charge in [0.25, 0.3) is 0 Å². The molecule has 3 heteroatoms. The topological polar surface area (TPSA) is 38.7 Å². The van der Waals surface area contributed by atoms with Gasteiger partial charge in [-0.05, 0) is 12.3 Å². The zero-order valence-corrected chi connectivity index (χ0v) is 8.87. The molecular formula is C11H20O3. The third-order valence-corrected chi connectivity index (χ3v) is 3.61. The van der Waals surface area contributed by atoms with Crippen molar-refractivity contribution in [3.63, 3.8) is 0 Å². The van der Waals surface area contributed by atoms with Gasteiger partial charge in [-0.15, -0.1) is 0 Å². The van der Waals surface area contributed by atoms with Crippen LogP contribution in [-0.2, 0) is 9.47 Å². The van der Waals surface area contributed by atoms with Crippen LogP contribution in [0.5, 0.6) is 0 Å². The molecule has 82 valence electrons. The largest absolute Gasteiger partial charge is 0.390 e. The van der Waals surface area contributed by atoms with E-state index in [1.54, 1.807) is 7.11 Å². The molecular weight excluding hydrogens is 180 g/mol. The SMILES string of the molecule is COC1(C(O)CC2CC2)CCOCC1. The van der Waals surface area contributed by atoms with Gasteiger partial charge in [0, 0.05) is 33.2 Å². The maximum atomic E-state index is 10.2. The van der Waals surface area contributed by atoms with E-state index in [1.807, 2.05) is 0 Å². The lowest BCUT2D eigenvalue weighted by atomic mass is 9.85. The van der Waals surface area contributed by atoms with Crippen LogP contribution in [0.1, 0.15) is 32.1 Å². The maximum Gasteiger partial charge on any atom is 0.0980 e. The average molecular weight is 200 g/mol. The van der Waals surface area contributed by atoms with Gasteiger partial charge in [0.2, 0.25) is 0 Å². The van der Waals surface area contributed by atoms with Crippen LogP contribution in [0.4, 0.5) is 0 Å². The first-order chi connectivity index (χ1) is 6.77. The Morgan fingerprint density at radius 2 is 2.07 bits per heavy atom. The molecule has 1 atom stereocenters. The number of ether oxygens (including phenoxy) is 2. The van der Waals surface area contributed by atoms with E-state index in [4.69, 9.17) is 9.47 Å². The minimum absolute atomic E-state index is 0.302. The summed E-state index contributed by atoms with van der Waals surface area (Å²) in [6, 6.07) is 0. The molecule has 1 saturated carbocycles. The summed E-state index contributed by atoms with van der Waals surface area (Å²) in [5.41, 5.74) is -0.319. The second-order valence-corrected chi connectivity index (χ2v) is 4.58. The van der Waals surface area contributed by atoms with E-state index < -0.39 is 0 Å². The molecule has 0 aromatic rings. The summed E-state index contributed by atoms with van der Waals surface area (Å²) < 4.78 is 10.8. The average Bonchev–Trinajstić information content (AvgIpc) is 3.02. The maximum absolute atomic E-state index is 10.2. The molecule has 1 unspecified atom stereocenters. The Balaban J connectivity index is 1.93. The van der Waals surface area contributed by atoms with Crippen molar-refractivity contribution in [1.82, 2.24) is 0 Å². The molecule has 0 amide bonds. The quantitative estimate of drug-likeness (QED) is 0.744. The fraction of sp³-hybridized carbons (Fsp3) is 1.00. The monoisotopic (exact) mass is 200 g/mol. The smallest absolute Gasteiger partial charge is 0.0980 e. The molecule has 2 aliphatic rings. The third kappa shape index (κ3) is 2.10. The lowest BCUT2D eigenvalue weighted by Crippen LogP contribution is -2.48. The summed E-state index contributed by atoms with van der Waals surface area (Å²) in [5.74, 6) is 0.750. The zero-order chi connectivity index (χ0) is 10.0. The van der Waals surface area contributed by atoms with Gasteiger partial charge in [0.1, 0.15) is 0 Å². The van der Waals surface area contributed by atoms with Crippen molar-refractivity contribution < 1.29 is 14.6 Å². The second kappa shape index (κ2) is 4.17. The molecule has 0 aromatic heterocycles. The molecule has 1 saturated heterocycles. The van der Waals surface area contributed by atoms with E-state index in [1.165, 1.54) is 12.8 Å². The Kier molecular flexibility index (Phi) is 3.10. The molecule has 3 nitrogen and oxygen atoms in total. The first kappa shape index (κ1) is 10.4. The minimum Gasteiger partial charge on any atom is -0.390 e. The molecule has 1 N–H and O–H groups in total. The van der Waals surface area contributed by atoms with Crippen LogP contribution in [0, 0.1) is 5.92 Å². The highest BCUT2D eigenvalue weighted by atomic mass is 16.5. The van der Waals surface area contributed by atoms with Crippen LogP contribution in [0.2, 0.25) is 0 Å². The van der Waals surface area contributed by atoms with E-state index in [-0.39, 0.29) is 11.7 Å². The summed E-state index contributed by atoms with van der Waals surface area (Å²) in [5, 5.41) is 10.2. The number of aliphatic hydroxyl groups is 1. The Morgan fingerprint density at radius 1 is 1.43 bits per heavy atom. The van der Waals surface area contributed by atoms with Crippen molar-refractivity contribution in [2.24, 2.45) is 5.92 Å². The number of rotatable bonds is 4. The Labute approximate surface area is 85.4 Å². The highest BCUT2D eigenvalue weighted by Gasteiger charge is 2.41. The van der Waals surface area contributed by atoms with E-state index in [9.17, 15) is 5.11 Å². The van der Waals surface area contributed by atoms with Crippen molar-refractivity contribution in [2.45, 2.75) is 43.8 Å². The number of hydrogen-bond donors (Lipinski definition) is 1. The van der Waals surface area contributed by atoms with Crippen LogP contribution in [-0.4, -0.2) is 37.1 Å². The summed E-state index contributed by atoms with van der Waals surface area (Å²) in [6.45, 7) is 1.44. The van der Waals surface area contributed by atoms with Crippen molar-refractivity contribution >= 4 is 0 Å². The van der Waals surface area contributed by atoms with E-state index in [2.05, 4.69) is 0 Å². The van der Waals surface area contributed by atoms with Gasteiger partial charge in [0.15, 0.2) is 0 Å². The highest BCUT2D eigenvalue weighted by molar-refractivity contribution is 4.93. The molecule has 14 heavy (non-hydrogen) atoms. The number of hydrogen-bond acceptors (Lipinski definition) is 3. The first-order valence-electron chi connectivity index (χ1n) is 5.58. The first-order valence-corrected chi connectivity index (χ1v) is 5.58. The summed E-state index contributed by atoms with van der Waals surface area (Å²) in [6.07, 6.45) is 4.84. The molecule has 2 fully saturated rings. The van der Waals surface area contributed by atoms with Crippen LogP contribution in [0.3, 0.4) is 0 Å². The van der Waals surface area contributed by atoms with Crippen molar-refractivity contribution in [3.8, 4) is 0 Å². The fourth-order valence-corrected chi connectivity index (χ4v) is 2.27. The van der Waals surface area contributed by atoms with Gasteiger partial charge < -0.3 is 14.6 Å². The summed E-state index contributed by atoms with van der Waals surface area (Å²) in [4.78, 5) is 0. The molecule has 0 spiro atoms. The number of methoxy groups -OCH3 is 1. The van der Waals surface area contributed by atoms with Crippen molar-refractivity contribution in [3.05, 3.63) is 0 Å². The molecule has 0 aromatic carbocycles. The van der Waals surface area contributed by atoms with E-state index in [0.717, 1.165) is 38.4 Å². The fourth-order valence-electron chi connectivity index (χ4n) is 2.27. The van der Waals surface area contributed by atoms with Crippen molar-refractivity contribution in [1.29, 1.82) is 0 Å². The molecule has 1 aliphatic heterocycles.